The zero-order chi connectivity index (χ0) is 15.8. The van der Waals surface area contributed by atoms with Gasteiger partial charge < -0.3 is 15.5 Å². The Morgan fingerprint density at radius 1 is 1.48 bits per heavy atom. The average Bonchev–Trinajstić information content (AvgIpc) is 2.43. The van der Waals surface area contributed by atoms with E-state index >= 15 is 0 Å². The first-order valence-electron chi connectivity index (χ1n) is 7.29. The molecule has 1 amide bonds. The number of hydrogen-bond acceptors (Lipinski definition) is 4. The standard InChI is InChI=1S/C15H25FN4O/c1-5-7-17-14-13(9-12(16)10-18-14)15(21)19-11(2)6-8-20(3)4/h9-11H,5-8H2,1-4H3,(H,17,18)(H,19,21). The molecule has 0 saturated heterocycles. The van der Waals surface area contributed by atoms with Crippen LogP contribution in [0.1, 0.15) is 37.0 Å². The summed E-state index contributed by atoms with van der Waals surface area (Å²) in [6.07, 6.45) is 2.85. The number of carbonyl (C=O) groups excluding carboxylic acids is 1. The van der Waals surface area contributed by atoms with Crippen molar-refractivity contribution in [2.45, 2.75) is 32.7 Å². The number of rotatable bonds is 8. The summed E-state index contributed by atoms with van der Waals surface area (Å²) in [7, 11) is 3.97. The highest BCUT2D eigenvalue weighted by molar-refractivity contribution is 5.98. The van der Waals surface area contributed by atoms with Gasteiger partial charge in [0, 0.05) is 12.6 Å². The van der Waals surface area contributed by atoms with E-state index in [1.807, 2.05) is 27.9 Å². The predicted octanol–water partition coefficient (Wildman–Crippen LogP) is 2.11. The molecule has 1 unspecified atom stereocenters. The van der Waals surface area contributed by atoms with Crippen molar-refractivity contribution in [3.8, 4) is 0 Å². The third kappa shape index (κ3) is 6.08. The van der Waals surface area contributed by atoms with Gasteiger partial charge in [-0.2, -0.15) is 0 Å². The summed E-state index contributed by atoms with van der Waals surface area (Å²) in [6.45, 7) is 5.52. The normalized spacial score (nSPS) is 12.3. The first-order valence-corrected chi connectivity index (χ1v) is 7.29. The van der Waals surface area contributed by atoms with E-state index in [1.54, 1.807) is 0 Å². The van der Waals surface area contributed by atoms with Crippen molar-refractivity contribution in [3.05, 3.63) is 23.6 Å². The maximum Gasteiger partial charge on any atom is 0.255 e. The number of aromatic nitrogens is 1. The number of carbonyl (C=O) groups is 1. The van der Waals surface area contributed by atoms with E-state index in [0.29, 0.717) is 12.4 Å². The lowest BCUT2D eigenvalue weighted by molar-refractivity contribution is 0.0937. The maximum absolute atomic E-state index is 13.3. The fraction of sp³-hybridized carbons (Fsp3) is 0.600. The third-order valence-corrected chi connectivity index (χ3v) is 3.03. The second-order valence-corrected chi connectivity index (χ2v) is 5.44. The Labute approximate surface area is 125 Å². The Morgan fingerprint density at radius 2 is 2.19 bits per heavy atom. The van der Waals surface area contributed by atoms with Crippen LogP contribution in [0.4, 0.5) is 10.2 Å². The zero-order valence-corrected chi connectivity index (χ0v) is 13.2. The SMILES string of the molecule is CCCNc1ncc(F)cc1C(=O)NC(C)CCN(C)C. The van der Waals surface area contributed by atoms with Crippen LogP contribution in [0.5, 0.6) is 0 Å². The van der Waals surface area contributed by atoms with E-state index in [4.69, 9.17) is 0 Å². The Balaban J connectivity index is 2.73. The largest absolute Gasteiger partial charge is 0.369 e. The number of pyridine rings is 1. The van der Waals surface area contributed by atoms with Crippen molar-refractivity contribution in [1.29, 1.82) is 0 Å². The van der Waals surface area contributed by atoms with Gasteiger partial charge in [0.05, 0.1) is 11.8 Å². The monoisotopic (exact) mass is 296 g/mol. The van der Waals surface area contributed by atoms with Crippen molar-refractivity contribution >= 4 is 11.7 Å². The maximum atomic E-state index is 13.3. The summed E-state index contributed by atoms with van der Waals surface area (Å²) in [6, 6.07) is 1.24. The molecular weight excluding hydrogens is 271 g/mol. The minimum absolute atomic E-state index is 0.0159. The Bertz CT molecular complexity index is 465. The molecule has 1 heterocycles. The highest BCUT2D eigenvalue weighted by atomic mass is 19.1. The molecule has 2 N–H and O–H groups in total. The summed E-state index contributed by atoms with van der Waals surface area (Å²) in [5.74, 6) is -0.384. The fourth-order valence-corrected chi connectivity index (χ4v) is 1.82. The average molecular weight is 296 g/mol. The Hall–Kier alpha value is -1.69. The Kier molecular flexibility index (Phi) is 7.08. The number of anilines is 1. The van der Waals surface area contributed by atoms with Gasteiger partial charge in [-0.25, -0.2) is 9.37 Å². The molecule has 0 fully saturated rings. The quantitative estimate of drug-likeness (QED) is 0.771. The van der Waals surface area contributed by atoms with Gasteiger partial charge in [0.2, 0.25) is 0 Å². The molecule has 0 aliphatic carbocycles. The van der Waals surface area contributed by atoms with E-state index in [-0.39, 0.29) is 17.5 Å². The molecule has 1 aromatic heterocycles. The first-order chi connectivity index (χ1) is 9.93. The number of halogens is 1. The van der Waals surface area contributed by atoms with Crippen molar-refractivity contribution in [3.63, 3.8) is 0 Å². The van der Waals surface area contributed by atoms with E-state index in [1.165, 1.54) is 6.07 Å². The van der Waals surface area contributed by atoms with E-state index in [0.717, 1.165) is 25.6 Å². The minimum atomic E-state index is -0.511. The molecule has 0 aromatic carbocycles. The van der Waals surface area contributed by atoms with Gasteiger partial charge in [-0.05, 0) is 46.5 Å². The highest BCUT2D eigenvalue weighted by Crippen LogP contribution is 2.14. The third-order valence-electron chi connectivity index (χ3n) is 3.03. The van der Waals surface area contributed by atoms with Crippen LogP contribution in [-0.2, 0) is 0 Å². The molecule has 0 spiro atoms. The van der Waals surface area contributed by atoms with E-state index in [2.05, 4.69) is 20.5 Å². The van der Waals surface area contributed by atoms with Crippen LogP contribution < -0.4 is 10.6 Å². The van der Waals surface area contributed by atoms with Gasteiger partial charge in [-0.3, -0.25) is 4.79 Å². The Morgan fingerprint density at radius 3 is 2.81 bits per heavy atom. The van der Waals surface area contributed by atoms with E-state index < -0.39 is 5.82 Å². The lowest BCUT2D eigenvalue weighted by Gasteiger charge is -2.17. The molecule has 1 aromatic rings. The van der Waals surface area contributed by atoms with Crippen LogP contribution in [0.15, 0.2) is 12.3 Å². The predicted molar refractivity (Wildman–Crippen MR) is 83.1 cm³/mol. The van der Waals surface area contributed by atoms with Gasteiger partial charge in [0.15, 0.2) is 0 Å². The van der Waals surface area contributed by atoms with Crippen LogP contribution in [0, 0.1) is 5.82 Å². The summed E-state index contributed by atoms with van der Waals surface area (Å²) in [5.41, 5.74) is 0.250. The van der Waals surface area contributed by atoms with E-state index in [9.17, 15) is 9.18 Å². The second kappa shape index (κ2) is 8.56. The zero-order valence-electron chi connectivity index (χ0n) is 13.2. The smallest absolute Gasteiger partial charge is 0.255 e. The summed E-state index contributed by atoms with van der Waals surface area (Å²) in [5, 5.41) is 5.93. The van der Waals surface area contributed by atoms with Crippen LogP contribution in [0.25, 0.3) is 0 Å². The van der Waals surface area contributed by atoms with Crippen molar-refractivity contribution in [1.82, 2.24) is 15.2 Å². The van der Waals surface area contributed by atoms with Gasteiger partial charge in [0.25, 0.3) is 5.91 Å². The molecule has 0 saturated carbocycles. The summed E-state index contributed by atoms with van der Waals surface area (Å²) < 4.78 is 13.3. The number of hydrogen-bond donors (Lipinski definition) is 2. The molecule has 5 nitrogen and oxygen atoms in total. The van der Waals surface area contributed by atoms with Crippen LogP contribution >= 0.6 is 0 Å². The lowest BCUT2D eigenvalue weighted by atomic mass is 10.2. The summed E-state index contributed by atoms with van der Waals surface area (Å²) in [4.78, 5) is 18.3. The molecule has 1 rings (SSSR count). The molecule has 118 valence electrons. The molecule has 6 heteroatoms. The molecule has 0 radical (unpaired) electrons. The van der Waals surface area contributed by atoms with Crippen molar-refractivity contribution < 1.29 is 9.18 Å². The second-order valence-electron chi connectivity index (χ2n) is 5.44. The summed E-state index contributed by atoms with van der Waals surface area (Å²) >= 11 is 0. The highest BCUT2D eigenvalue weighted by Gasteiger charge is 2.16. The van der Waals surface area contributed by atoms with Crippen molar-refractivity contribution in [2.75, 3.05) is 32.5 Å². The molecular formula is C15H25FN4O. The number of amides is 1. The lowest BCUT2D eigenvalue weighted by Crippen LogP contribution is -2.35. The van der Waals surface area contributed by atoms with Crippen LogP contribution in [0.3, 0.4) is 0 Å². The fourth-order valence-electron chi connectivity index (χ4n) is 1.82. The van der Waals surface area contributed by atoms with Gasteiger partial charge >= 0.3 is 0 Å². The number of nitrogens with zero attached hydrogens (tertiary/aromatic N) is 2. The number of nitrogens with one attached hydrogen (secondary N) is 2. The topological polar surface area (TPSA) is 57.3 Å². The molecule has 0 aliphatic heterocycles. The minimum Gasteiger partial charge on any atom is -0.369 e. The van der Waals surface area contributed by atoms with Gasteiger partial charge in [0.1, 0.15) is 11.6 Å². The van der Waals surface area contributed by atoms with Crippen LogP contribution in [0.2, 0.25) is 0 Å². The molecule has 0 bridgehead atoms. The molecule has 1 atom stereocenters. The molecule has 21 heavy (non-hydrogen) atoms. The van der Waals surface area contributed by atoms with Crippen molar-refractivity contribution in [2.24, 2.45) is 0 Å². The van der Waals surface area contributed by atoms with Crippen LogP contribution in [-0.4, -0.2) is 49.0 Å². The van der Waals surface area contributed by atoms with Gasteiger partial charge in [-0.1, -0.05) is 6.92 Å². The molecule has 0 aliphatic rings. The first kappa shape index (κ1) is 17.4. The van der Waals surface area contributed by atoms with Gasteiger partial charge in [-0.15, -0.1) is 0 Å².